The molecular weight excluding hydrogens is 444 g/mol. The van der Waals surface area contributed by atoms with E-state index in [4.69, 9.17) is 4.74 Å². The lowest BCUT2D eigenvalue weighted by Crippen LogP contribution is -2.37. The SMILES string of the molecule is CCCCOc1cccc(N2C(=NC(=O)CCc3ccccc3)S[C@@H]3CS(=O)(=O)C[C@@H]32)c1. The Hall–Kier alpha value is -2.32. The number of hydrogen-bond acceptors (Lipinski definition) is 5. The Balaban J connectivity index is 1.55. The van der Waals surface area contributed by atoms with Crippen LogP contribution in [0.2, 0.25) is 0 Å². The molecule has 0 N–H and O–H groups in total. The van der Waals surface area contributed by atoms with Gasteiger partial charge in [0, 0.05) is 23.4 Å². The third kappa shape index (κ3) is 5.53. The number of aliphatic imine (C=N–C) groups is 1. The lowest BCUT2D eigenvalue weighted by atomic mass is 10.1. The van der Waals surface area contributed by atoms with E-state index in [1.54, 1.807) is 0 Å². The van der Waals surface area contributed by atoms with E-state index >= 15 is 0 Å². The smallest absolute Gasteiger partial charge is 0.248 e. The van der Waals surface area contributed by atoms with Crippen LogP contribution in [-0.2, 0) is 21.1 Å². The summed E-state index contributed by atoms with van der Waals surface area (Å²) in [5.74, 6) is 0.727. The van der Waals surface area contributed by atoms with Gasteiger partial charge in [-0.25, -0.2) is 8.42 Å². The second-order valence-electron chi connectivity index (χ2n) is 8.14. The standard InChI is InChI=1S/C24H28N2O4S2/c1-2-3-14-30-20-11-7-10-19(15-20)26-21-16-32(28,29)17-22(21)31-24(26)25-23(27)13-12-18-8-5-4-6-9-18/h4-11,15,21-22H,2-3,12-14,16-17H2,1H3/t21-,22+/m0/s1. The number of rotatable bonds is 8. The molecule has 2 aromatic rings. The van der Waals surface area contributed by atoms with E-state index in [2.05, 4.69) is 11.9 Å². The van der Waals surface area contributed by atoms with Gasteiger partial charge in [-0.15, -0.1) is 0 Å². The number of hydrogen-bond donors (Lipinski definition) is 0. The van der Waals surface area contributed by atoms with E-state index in [-0.39, 0.29) is 28.7 Å². The highest BCUT2D eigenvalue weighted by atomic mass is 32.2. The summed E-state index contributed by atoms with van der Waals surface area (Å²) in [5.41, 5.74) is 1.91. The molecule has 0 spiro atoms. The van der Waals surface area contributed by atoms with Crippen molar-refractivity contribution in [2.24, 2.45) is 4.99 Å². The van der Waals surface area contributed by atoms with Crippen LogP contribution in [0, 0.1) is 0 Å². The van der Waals surface area contributed by atoms with E-state index in [1.165, 1.54) is 11.8 Å². The van der Waals surface area contributed by atoms with E-state index < -0.39 is 9.84 Å². The summed E-state index contributed by atoms with van der Waals surface area (Å²) in [7, 11) is -3.11. The fourth-order valence-electron chi connectivity index (χ4n) is 3.98. The molecule has 0 bridgehead atoms. The van der Waals surface area contributed by atoms with E-state index in [0.717, 1.165) is 29.8 Å². The number of thioether (sulfide) groups is 1. The fraction of sp³-hybridized carbons (Fsp3) is 0.417. The van der Waals surface area contributed by atoms with Crippen molar-refractivity contribution in [1.82, 2.24) is 0 Å². The molecule has 2 saturated heterocycles. The average Bonchev–Trinajstić information content (AvgIpc) is 3.24. The van der Waals surface area contributed by atoms with Crippen molar-refractivity contribution in [3.8, 4) is 5.75 Å². The van der Waals surface area contributed by atoms with Gasteiger partial charge in [-0.05, 0) is 30.5 Å². The number of amides is 1. The zero-order valence-corrected chi connectivity index (χ0v) is 19.8. The molecule has 2 aliphatic heterocycles. The summed E-state index contributed by atoms with van der Waals surface area (Å²) in [4.78, 5) is 19.0. The van der Waals surface area contributed by atoms with Crippen LogP contribution in [0.25, 0.3) is 0 Å². The normalized spacial score (nSPS) is 22.8. The molecule has 0 radical (unpaired) electrons. The molecular formula is C24H28N2O4S2. The topological polar surface area (TPSA) is 76.0 Å². The van der Waals surface area contributed by atoms with Gasteiger partial charge in [-0.3, -0.25) is 4.79 Å². The minimum Gasteiger partial charge on any atom is -0.494 e. The number of sulfone groups is 1. The number of fused-ring (bicyclic) bond motifs is 1. The number of amidine groups is 1. The van der Waals surface area contributed by atoms with Gasteiger partial charge < -0.3 is 9.64 Å². The second-order valence-corrected chi connectivity index (χ2v) is 11.5. The molecule has 0 aliphatic carbocycles. The van der Waals surface area contributed by atoms with Crippen LogP contribution in [0.3, 0.4) is 0 Å². The first-order valence-electron chi connectivity index (χ1n) is 11.0. The quantitative estimate of drug-likeness (QED) is 0.539. The summed E-state index contributed by atoms with van der Waals surface area (Å²) in [6, 6.07) is 17.3. The van der Waals surface area contributed by atoms with Gasteiger partial charge in [0.15, 0.2) is 15.0 Å². The van der Waals surface area contributed by atoms with Crippen LogP contribution < -0.4 is 9.64 Å². The van der Waals surface area contributed by atoms with E-state index in [1.807, 2.05) is 59.5 Å². The van der Waals surface area contributed by atoms with E-state index in [0.29, 0.717) is 24.6 Å². The predicted octanol–water partition coefficient (Wildman–Crippen LogP) is 4.10. The van der Waals surface area contributed by atoms with Crippen LogP contribution in [0.5, 0.6) is 5.75 Å². The highest BCUT2D eigenvalue weighted by Crippen LogP contribution is 2.41. The number of carbonyl (C=O) groups is 1. The van der Waals surface area contributed by atoms with Crippen LogP contribution in [0.15, 0.2) is 59.6 Å². The minimum absolute atomic E-state index is 0.0722. The molecule has 6 nitrogen and oxygen atoms in total. The van der Waals surface area contributed by atoms with Gasteiger partial charge in [0.05, 0.1) is 24.2 Å². The lowest BCUT2D eigenvalue weighted by Gasteiger charge is -2.25. The van der Waals surface area contributed by atoms with Gasteiger partial charge in [0.2, 0.25) is 5.91 Å². The van der Waals surface area contributed by atoms with Crippen molar-refractivity contribution in [2.45, 2.75) is 43.9 Å². The Kier molecular flexibility index (Phi) is 7.20. The molecule has 4 rings (SSSR count). The maximum Gasteiger partial charge on any atom is 0.248 e. The van der Waals surface area contributed by atoms with Crippen LogP contribution in [0.4, 0.5) is 5.69 Å². The summed E-state index contributed by atoms with van der Waals surface area (Å²) >= 11 is 1.40. The third-order valence-corrected chi connectivity index (χ3v) is 8.83. The molecule has 1 amide bonds. The number of ether oxygens (including phenoxy) is 1. The molecule has 0 unspecified atom stereocenters. The molecule has 2 aliphatic rings. The Morgan fingerprint density at radius 1 is 1.16 bits per heavy atom. The zero-order chi connectivity index (χ0) is 22.6. The highest BCUT2D eigenvalue weighted by Gasteiger charge is 2.49. The van der Waals surface area contributed by atoms with Crippen molar-refractivity contribution in [3.05, 3.63) is 60.2 Å². The largest absolute Gasteiger partial charge is 0.494 e. The number of benzene rings is 2. The van der Waals surface area contributed by atoms with Gasteiger partial charge in [0.25, 0.3) is 0 Å². The molecule has 2 fully saturated rings. The first-order chi connectivity index (χ1) is 15.4. The van der Waals surface area contributed by atoms with Crippen molar-refractivity contribution in [2.75, 3.05) is 23.0 Å². The monoisotopic (exact) mass is 472 g/mol. The number of anilines is 1. The Morgan fingerprint density at radius 3 is 2.75 bits per heavy atom. The first kappa shape index (κ1) is 22.9. The average molecular weight is 473 g/mol. The summed E-state index contributed by atoms with van der Waals surface area (Å²) < 4.78 is 30.4. The van der Waals surface area contributed by atoms with Gasteiger partial charge in [0.1, 0.15) is 5.75 Å². The Morgan fingerprint density at radius 2 is 1.97 bits per heavy atom. The maximum atomic E-state index is 12.7. The molecule has 2 aromatic carbocycles. The number of carbonyl (C=O) groups excluding carboxylic acids is 1. The predicted molar refractivity (Wildman–Crippen MR) is 130 cm³/mol. The maximum absolute atomic E-state index is 12.7. The second kappa shape index (κ2) is 10.1. The van der Waals surface area contributed by atoms with Crippen molar-refractivity contribution in [3.63, 3.8) is 0 Å². The van der Waals surface area contributed by atoms with E-state index in [9.17, 15) is 13.2 Å². The summed E-state index contributed by atoms with van der Waals surface area (Å²) in [6.07, 6.45) is 2.96. The number of aryl methyl sites for hydroxylation is 1. The first-order valence-corrected chi connectivity index (χ1v) is 13.7. The molecule has 170 valence electrons. The van der Waals surface area contributed by atoms with Crippen molar-refractivity contribution < 1.29 is 17.9 Å². The van der Waals surface area contributed by atoms with Gasteiger partial charge in [-0.2, -0.15) is 4.99 Å². The zero-order valence-electron chi connectivity index (χ0n) is 18.1. The van der Waals surface area contributed by atoms with Crippen LogP contribution >= 0.6 is 11.8 Å². The highest BCUT2D eigenvalue weighted by molar-refractivity contribution is 8.16. The van der Waals surface area contributed by atoms with Gasteiger partial charge in [-0.1, -0.05) is 61.5 Å². The molecule has 0 aromatic heterocycles. The third-order valence-electron chi connectivity index (χ3n) is 5.62. The molecule has 32 heavy (non-hydrogen) atoms. The Bertz CT molecular complexity index is 1090. The van der Waals surface area contributed by atoms with Crippen molar-refractivity contribution >= 4 is 38.4 Å². The molecule has 0 saturated carbocycles. The minimum atomic E-state index is -3.11. The summed E-state index contributed by atoms with van der Waals surface area (Å²) in [5, 5.41) is 0.462. The van der Waals surface area contributed by atoms with Gasteiger partial charge >= 0.3 is 0 Å². The molecule has 8 heteroatoms. The summed E-state index contributed by atoms with van der Waals surface area (Å²) in [6.45, 7) is 2.74. The van der Waals surface area contributed by atoms with Crippen LogP contribution in [0.1, 0.15) is 31.7 Å². The lowest BCUT2D eigenvalue weighted by molar-refractivity contribution is -0.117. The number of nitrogens with zero attached hydrogens (tertiary/aromatic N) is 2. The van der Waals surface area contributed by atoms with Crippen LogP contribution in [-0.4, -0.2) is 48.9 Å². The molecule has 2 atom stereocenters. The Labute approximate surface area is 194 Å². The number of unbranched alkanes of at least 4 members (excludes halogenated alkanes) is 1. The fourth-order valence-corrected chi connectivity index (χ4v) is 7.91. The van der Waals surface area contributed by atoms with Crippen molar-refractivity contribution in [1.29, 1.82) is 0 Å². The molecule has 2 heterocycles.